The summed E-state index contributed by atoms with van der Waals surface area (Å²) in [6.45, 7) is 0.583. The fraction of sp³-hybridized carbons (Fsp3) is 0.0769. The maximum atomic E-state index is 5.67. The van der Waals surface area contributed by atoms with Crippen LogP contribution < -0.4 is 9.88 Å². The van der Waals surface area contributed by atoms with Crippen LogP contribution in [-0.4, -0.2) is 0 Å². The Balaban J connectivity index is 1.99. The van der Waals surface area contributed by atoms with Crippen LogP contribution in [0.5, 0.6) is 5.75 Å². The van der Waals surface area contributed by atoms with Crippen LogP contribution in [0.3, 0.4) is 0 Å². The van der Waals surface area contributed by atoms with Gasteiger partial charge in [-0.2, -0.15) is 0 Å². The minimum absolute atomic E-state index is 0.583. The highest BCUT2D eigenvalue weighted by Crippen LogP contribution is 2.19. The van der Waals surface area contributed by atoms with Crippen LogP contribution in [0.1, 0.15) is 5.56 Å². The normalized spacial score (nSPS) is 10.1. The molecule has 0 atom stereocenters. The summed E-state index contributed by atoms with van der Waals surface area (Å²) in [4.78, 5) is 1.01. The molecule has 0 aliphatic heterocycles. The van der Waals surface area contributed by atoms with Gasteiger partial charge in [-0.05, 0) is 35.7 Å². The number of hydrogen-bond donors (Lipinski definition) is 1. The van der Waals surface area contributed by atoms with Crippen LogP contribution in [0, 0.1) is 0 Å². The number of nitrogens with two attached hydrogens (primary N) is 1. The molecule has 3 heteroatoms. The quantitative estimate of drug-likeness (QED) is 0.820. The van der Waals surface area contributed by atoms with E-state index in [1.807, 2.05) is 54.6 Å². The third-order valence-electron chi connectivity index (χ3n) is 2.19. The molecule has 2 rings (SSSR count). The van der Waals surface area contributed by atoms with Gasteiger partial charge in [-0.15, -0.1) is 0 Å². The molecule has 0 bridgehead atoms. The van der Waals surface area contributed by atoms with Crippen LogP contribution in [0.4, 0.5) is 0 Å². The summed E-state index contributed by atoms with van der Waals surface area (Å²) >= 11 is 1.22. The molecule has 2 aromatic carbocycles. The molecule has 2 aromatic rings. The lowest BCUT2D eigenvalue weighted by Crippen LogP contribution is -1.95. The third kappa shape index (κ3) is 3.02. The summed E-state index contributed by atoms with van der Waals surface area (Å²) in [6.07, 6.45) is 0. The highest BCUT2D eigenvalue weighted by Gasteiger charge is 1.97. The lowest BCUT2D eigenvalue weighted by molar-refractivity contribution is 0.305. The molecule has 2 N–H and O–H groups in total. The van der Waals surface area contributed by atoms with Crippen molar-refractivity contribution in [3.05, 3.63) is 60.2 Å². The fourth-order valence-corrected chi connectivity index (χ4v) is 1.72. The number of hydrogen-bond acceptors (Lipinski definition) is 3. The first-order valence-electron chi connectivity index (χ1n) is 5.02. The Bertz CT molecular complexity index is 445. The second-order valence-electron chi connectivity index (χ2n) is 3.37. The number of rotatable bonds is 4. The lowest BCUT2D eigenvalue weighted by atomic mass is 10.2. The first-order chi connectivity index (χ1) is 7.88. The molecule has 0 aliphatic rings. The molecule has 0 unspecified atom stereocenters. The van der Waals surface area contributed by atoms with E-state index in [1.54, 1.807) is 0 Å². The Kier molecular flexibility index (Phi) is 3.86. The largest absolute Gasteiger partial charge is 0.489 e. The fourth-order valence-electron chi connectivity index (χ4n) is 1.38. The smallest absolute Gasteiger partial charge is 0.120 e. The third-order valence-corrected chi connectivity index (χ3v) is 2.72. The zero-order chi connectivity index (χ0) is 11.2. The van der Waals surface area contributed by atoms with Gasteiger partial charge in [-0.1, -0.05) is 36.4 Å². The molecular formula is C13H13NOS. The summed E-state index contributed by atoms with van der Waals surface area (Å²) < 4.78 is 5.67. The van der Waals surface area contributed by atoms with Crippen molar-refractivity contribution in [3.63, 3.8) is 0 Å². The zero-order valence-corrected chi connectivity index (χ0v) is 9.61. The molecule has 0 aliphatic carbocycles. The average Bonchev–Trinajstić information content (AvgIpc) is 2.38. The maximum Gasteiger partial charge on any atom is 0.120 e. The average molecular weight is 231 g/mol. The highest BCUT2D eigenvalue weighted by atomic mass is 32.2. The monoisotopic (exact) mass is 231 g/mol. The van der Waals surface area contributed by atoms with Crippen molar-refractivity contribution < 1.29 is 4.74 Å². The molecule has 0 fully saturated rings. The zero-order valence-electron chi connectivity index (χ0n) is 8.80. The van der Waals surface area contributed by atoms with Crippen LogP contribution in [0.25, 0.3) is 0 Å². The molecule has 0 saturated carbocycles. The first kappa shape index (κ1) is 11.0. The summed E-state index contributed by atoms with van der Waals surface area (Å²) in [5, 5.41) is 5.49. The first-order valence-corrected chi connectivity index (χ1v) is 5.90. The molecular weight excluding hydrogens is 218 g/mol. The molecule has 0 aromatic heterocycles. The van der Waals surface area contributed by atoms with Crippen molar-refractivity contribution in [3.8, 4) is 5.75 Å². The van der Waals surface area contributed by atoms with E-state index in [2.05, 4.69) is 0 Å². The molecule has 16 heavy (non-hydrogen) atoms. The minimum atomic E-state index is 0.583. The second-order valence-corrected chi connectivity index (χ2v) is 4.07. The molecule has 0 saturated heterocycles. The molecule has 0 radical (unpaired) electrons. The van der Waals surface area contributed by atoms with E-state index >= 15 is 0 Å². The van der Waals surface area contributed by atoms with E-state index in [1.165, 1.54) is 11.9 Å². The maximum absolute atomic E-state index is 5.67. The van der Waals surface area contributed by atoms with E-state index in [9.17, 15) is 0 Å². The van der Waals surface area contributed by atoms with Gasteiger partial charge in [-0.25, -0.2) is 0 Å². The van der Waals surface area contributed by atoms with Gasteiger partial charge in [-0.3, -0.25) is 5.14 Å². The number of ether oxygens (including phenoxy) is 1. The van der Waals surface area contributed by atoms with E-state index < -0.39 is 0 Å². The van der Waals surface area contributed by atoms with E-state index in [-0.39, 0.29) is 0 Å². The van der Waals surface area contributed by atoms with Crippen LogP contribution >= 0.6 is 11.9 Å². The Hall–Kier alpha value is -1.45. The second kappa shape index (κ2) is 5.58. The van der Waals surface area contributed by atoms with E-state index in [0.29, 0.717) is 6.61 Å². The Morgan fingerprint density at radius 1 is 1.00 bits per heavy atom. The Morgan fingerprint density at radius 3 is 2.56 bits per heavy atom. The van der Waals surface area contributed by atoms with Gasteiger partial charge < -0.3 is 4.74 Å². The summed E-state index contributed by atoms with van der Waals surface area (Å²) in [5.41, 5.74) is 1.16. The van der Waals surface area contributed by atoms with Gasteiger partial charge in [0.25, 0.3) is 0 Å². The molecule has 0 heterocycles. The van der Waals surface area contributed by atoms with E-state index in [4.69, 9.17) is 9.88 Å². The van der Waals surface area contributed by atoms with Crippen molar-refractivity contribution in [1.82, 2.24) is 0 Å². The Morgan fingerprint density at radius 2 is 1.81 bits per heavy atom. The standard InChI is InChI=1S/C13H13NOS/c14-16-13-8-4-7-12(9-13)15-10-11-5-2-1-3-6-11/h1-9H,10,14H2. The lowest BCUT2D eigenvalue weighted by Gasteiger charge is -2.06. The van der Waals surface area contributed by atoms with Gasteiger partial charge >= 0.3 is 0 Å². The molecule has 0 spiro atoms. The predicted molar refractivity (Wildman–Crippen MR) is 67.3 cm³/mol. The van der Waals surface area contributed by atoms with Crippen molar-refractivity contribution in [1.29, 1.82) is 0 Å². The summed E-state index contributed by atoms with van der Waals surface area (Å²) in [5.74, 6) is 0.847. The topological polar surface area (TPSA) is 35.2 Å². The minimum Gasteiger partial charge on any atom is -0.489 e. The van der Waals surface area contributed by atoms with E-state index in [0.717, 1.165) is 16.2 Å². The van der Waals surface area contributed by atoms with Crippen LogP contribution in [0.2, 0.25) is 0 Å². The van der Waals surface area contributed by atoms with Crippen molar-refractivity contribution >= 4 is 11.9 Å². The van der Waals surface area contributed by atoms with Gasteiger partial charge in [0.15, 0.2) is 0 Å². The van der Waals surface area contributed by atoms with Crippen molar-refractivity contribution in [2.24, 2.45) is 5.14 Å². The molecule has 0 amide bonds. The van der Waals surface area contributed by atoms with Crippen molar-refractivity contribution in [2.75, 3.05) is 0 Å². The SMILES string of the molecule is NSc1cccc(OCc2ccccc2)c1. The summed E-state index contributed by atoms with van der Waals surface area (Å²) in [6, 6.07) is 17.9. The van der Waals surface area contributed by atoms with Gasteiger partial charge in [0.05, 0.1) is 0 Å². The van der Waals surface area contributed by atoms with Crippen molar-refractivity contribution in [2.45, 2.75) is 11.5 Å². The van der Waals surface area contributed by atoms with Gasteiger partial charge in [0.2, 0.25) is 0 Å². The van der Waals surface area contributed by atoms with Crippen LogP contribution in [-0.2, 0) is 6.61 Å². The molecule has 82 valence electrons. The number of benzene rings is 2. The van der Waals surface area contributed by atoms with Crippen LogP contribution in [0.15, 0.2) is 59.5 Å². The molecule has 2 nitrogen and oxygen atoms in total. The predicted octanol–water partition coefficient (Wildman–Crippen LogP) is 3.23. The Labute approximate surface area is 99.6 Å². The highest BCUT2D eigenvalue weighted by molar-refractivity contribution is 7.97. The summed E-state index contributed by atoms with van der Waals surface area (Å²) in [7, 11) is 0. The van der Waals surface area contributed by atoms with Gasteiger partial charge in [0, 0.05) is 4.90 Å². The van der Waals surface area contributed by atoms with Gasteiger partial charge in [0.1, 0.15) is 12.4 Å².